The third-order valence-electron chi connectivity index (χ3n) is 4.35. The van der Waals surface area contributed by atoms with Gasteiger partial charge in [-0.05, 0) is 29.9 Å². The Labute approximate surface area is 97.4 Å². The standard InChI is InChI=1S/C14H20N2/c1-11-6-14(7-11,10-15)16-8-12-4-2-3-5-13(12)9-16/h2-5,11H,6-10,15H2,1H3. The normalized spacial score (nSPS) is 33.5. The van der Waals surface area contributed by atoms with Gasteiger partial charge in [-0.25, -0.2) is 0 Å². The second kappa shape index (κ2) is 3.57. The fraction of sp³-hybridized carbons (Fsp3) is 0.571. The summed E-state index contributed by atoms with van der Waals surface area (Å²) in [5, 5.41) is 0. The molecule has 2 aliphatic rings. The summed E-state index contributed by atoms with van der Waals surface area (Å²) in [4.78, 5) is 2.59. The van der Waals surface area contributed by atoms with Gasteiger partial charge in [0.2, 0.25) is 0 Å². The number of nitrogens with zero attached hydrogens (tertiary/aromatic N) is 1. The van der Waals surface area contributed by atoms with Crippen LogP contribution in [-0.2, 0) is 13.1 Å². The maximum Gasteiger partial charge on any atom is 0.0343 e. The summed E-state index contributed by atoms with van der Waals surface area (Å²) in [5.41, 5.74) is 9.30. The molecular weight excluding hydrogens is 196 g/mol. The van der Waals surface area contributed by atoms with E-state index >= 15 is 0 Å². The highest BCUT2D eigenvalue weighted by Crippen LogP contribution is 2.44. The molecule has 3 rings (SSSR count). The zero-order valence-corrected chi connectivity index (χ0v) is 9.95. The SMILES string of the molecule is CC1CC(CN)(N2Cc3ccccc3C2)C1. The first-order valence-electron chi connectivity index (χ1n) is 6.25. The average molecular weight is 216 g/mol. The number of hydrogen-bond acceptors (Lipinski definition) is 2. The minimum Gasteiger partial charge on any atom is -0.329 e. The highest BCUT2D eigenvalue weighted by Gasteiger charge is 2.46. The summed E-state index contributed by atoms with van der Waals surface area (Å²) in [5.74, 6) is 0.854. The zero-order valence-electron chi connectivity index (χ0n) is 9.95. The second-order valence-electron chi connectivity index (χ2n) is 5.57. The number of rotatable bonds is 2. The fourth-order valence-electron chi connectivity index (χ4n) is 3.46. The van der Waals surface area contributed by atoms with Crippen molar-refractivity contribution < 1.29 is 0 Å². The lowest BCUT2D eigenvalue weighted by molar-refractivity contribution is -0.0163. The first kappa shape index (κ1) is 10.3. The largest absolute Gasteiger partial charge is 0.329 e. The maximum atomic E-state index is 6.00. The van der Waals surface area contributed by atoms with Gasteiger partial charge in [0.15, 0.2) is 0 Å². The topological polar surface area (TPSA) is 29.3 Å². The molecule has 86 valence electrons. The summed E-state index contributed by atoms with van der Waals surface area (Å²) >= 11 is 0. The van der Waals surface area contributed by atoms with E-state index in [0.29, 0.717) is 5.54 Å². The Morgan fingerprint density at radius 1 is 1.25 bits per heavy atom. The van der Waals surface area contributed by atoms with Crippen LogP contribution in [0.5, 0.6) is 0 Å². The first-order chi connectivity index (χ1) is 7.73. The molecule has 0 unspecified atom stereocenters. The van der Waals surface area contributed by atoms with Crippen LogP contribution in [0.2, 0.25) is 0 Å². The lowest BCUT2D eigenvalue weighted by atomic mass is 9.68. The van der Waals surface area contributed by atoms with Crippen molar-refractivity contribution in [1.29, 1.82) is 0 Å². The maximum absolute atomic E-state index is 6.00. The first-order valence-corrected chi connectivity index (χ1v) is 6.25. The molecule has 2 nitrogen and oxygen atoms in total. The summed E-state index contributed by atoms with van der Waals surface area (Å²) < 4.78 is 0. The molecule has 16 heavy (non-hydrogen) atoms. The fourth-order valence-corrected chi connectivity index (χ4v) is 3.46. The van der Waals surface area contributed by atoms with Crippen LogP contribution in [0, 0.1) is 5.92 Å². The van der Waals surface area contributed by atoms with Crippen molar-refractivity contribution in [2.24, 2.45) is 11.7 Å². The van der Waals surface area contributed by atoms with Crippen molar-refractivity contribution in [2.45, 2.75) is 38.4 Å². The third-order valence-corrected chi connectivity index (χ3v) is 4.35. The molecule has 1 saturated carbocycles. The van der Waals surface area contributed by atoms with E-state index in [1.54, 1.807) is 0 Å². The van der Waals surface area contributed by atoms with E-state index in [-0.39, 0.29) is 0 Å². The lowest BCUT2D eigenvalue weighted by Gasteiger charge is -2.52. The van der Waals surface area contributed by atoms with Gasteiger partial charge in [-0.1, -0.05) is 31.2 Å². The second-order valence-corrected chi connectivity index (χ2v) is 5.57. The molecule has 1 aromatic carbocycles. The number of benzene rings is 1. The lowest BCUT2D eigenvalue weighted by Crippen LogP contribution is -2.59. The molecule has 2 N–H and O–H groups in total. The Kier molecular flexibility index (Phi) is 2.30. The molecular formula is C14H20N2. The van der Waals surface area contributed by atoms with E-state index in [2.05, 4.69) is 36.1 Å². The molecule has 0 aromatic heterocycles. The third kappa shape index (κ3) is 1.40. The molecule has 2 heteroatoms. The predicted molar refractivity (Wildman–Crippen MR) is 65.9 cm³/mol. The van der Waals surface area contributed by atoms with Crippen LogP contribution in [-0.4, -0.2) is 17.0 Å². The van der Waals surface area contributed by atoms with Crippen LogP contribution in [0.15, 0.2) is 24.3 Å². The van der Waals surface area contributed by atoms with Crippen molar-refractivity contribution >= 4 is 0 Å². The van der Waals surface area contributed by atoms with Gasteiger partial charge in [0.05, 0.1) is 0 Å². The van der Waals surface area contributed by atoms with Gasteiger partial charge in [0.25, 0.3) is 0 Å². The van der Waals surface area contributed by atoms with Crippen molar-refractivity contribution in [2.75, 3.05) is 6.54 Å². The Bertz CT molecular complexity index is 368. The van der Waals surface area contributed by atoms with Gasteiger partial charge in [-0.3, -0.25) is 4.90 Å². The van der Waals surface area contributed by atoms with Crippen LogP contribution < -0.4 is 5.73 Å². The van der Waals surface area contributed by atoms with E-state index < -0.39 is 0 Å². The number of fused-ring (bicyclic) bond motifs is 1. The van der Waals surface area contributed by atoms with E-state index in [1.807, 2.05) is 0 Å². The Morgan fingerprint density at radius 3 is 2.25 bits per heavy atom. The molecule has 1 aliphatic carbocycles. The molecule has 0 atom stereocenters. The molecule has 0 radical (unpaired) electrons. The molecule has 1 aromatic rings. The number of hydrogen-bond donors (Lipinski definition) is 1. The van der Waals surface area contributed by atoms with Crippen molar-refractivity contribution in [3.63, 3.8) is 0 Å². The molecule has 0 amide bonds. The molecule has 0 saturated heterocycles. The van der Waals surface area contributed by atoms with Gasteiger partial charge in [0.1, 0.15) is 0 Å². The summed E-state index contributed by atoms with van der Waals surface area (Å²) in [6.45, 7) is 5.34. The summed E-state index contributed by atoms with van der Waals surface area (Å²) in [6, 6.07) is 8.78. The summed E-state index contributed by atoms with van der Waals surface area (Å²) in [6.07, 6.45) is 2.55. The van der Waals surface area contributed by atoms with Crippen LogP contribution in [0.25, 0.3) is 0 Å². The minimum absolute atomic E-state index is 0.304. The van der Waals surface area contributed by atoms with Crippen molar-refractivity contribution in [1.82, 2.24) is 4.90 Å². The molecule has 1 heterocycles. The molecule has 1 aliphatic heterocycles. The minimum atomic E-state index is 0.304. The van der Waals surface area contributed by atoms with Crippen LogP contribution >= 0.6 is 0 Å². The van der Waals surface area contributed by atoms with Crippen LogP contribution in [0.3, 0.4) is 0 Å². The van der Waals surface area contributed by atoms with E-state index in [0.717, 1.165) is 25.6 Å². The van der Waals surface area contributed by atoms with Crippen molar-refractivity contribution in [3.8, 4) is 0 Å². The van der Waals surface area contributed by atoms with E-state index in [9.17, 15) is 0 Å². The Morgan fingerprint density at radius 2 is 1.81 bits per heavy atom. The average Bonchev–Trinajstić information content (AvgIpc) is 2.68. The zero-order chi connectivity index (χ0) is 11.2. The van der Waals surface area contributed by atoms with Gasteiger partial charge in [-0.2, -0.15) is 0 Å². The van der Waals surface area contributed by atoms with Crippen LogP contribution in [0.4, 0.5) is 0 Å². The molecule has 1 fully saturated rings. The highest BCUT2D eigenvalue weighted by atomic mass is 15.2. The van der Waals surface area contributed by atoms with Gasteiger partial charge in [-0.15, -0.1) is 0 Å². The molecule has 0 spiro atoms. The summed E-state index contributed by atoms with van der Waals surface area (Å²) in [7, 11) is 0. The predicted octanol–water partition coefficient (Wildman–Crippen LogP) is 2.13. The quantitative estimate of drug-likeness (QED) is 0.820. The van der Waals surface area contributed by atoms with Crippen molar-refractivity contribution in [3.05, 3.63) is 35.4 Å². The van der Waals surface area contributed by atoms with E-state index in [4.69, 9.17) is 5.73 Å². The van der Waals surface area contributed by atoms with Gasteiger partial charge >= 0.3 is 0 Å². The van der Waals surface area contributed by atoms with Gasteiger partial charge in [0, 0.05) is 25.2 Å². The molecule has 0 bridgehead atoms. The smallest absolute Gasteiger partial charge is 0.0343 e. The highest BCUT2D eigenvalue weighted by molar-refractivity contribution is 5.31. The monoisotopic (exact) mass is 216 g/mol. The number of nitrogens with two attached hydrogens (primary N) is 1. The Balaban J connectivity index is 1.80. The van der Waals surface area contributed by atoms with Crippen LogP contribution in [0.1, 0.15) is 30.9 Å². The Hall–Kier alpha value is -0.860. The van der Waals surface area contributed by atoms with Gasteiger partial charge < -0.3 is 5.73 Å². The van der Waals surface area contributed by atoms with E-state index in [1.165, 1.54) is 24.0 Å².